The van der Waals surface area contributed by atoms with Crippen molar-refractivity contribution >= 4 is 28.1 Å². The fourth-order valence-electron chi connectivity index (χ4n) is 4.03. The smallest absolute Gasteiger partial charge is 0.360 e. The summed E-state index contributed by atoms with van der Waals surface area (Å²) < 4.78 is 10.2. The lowest BCUT2D eigenvalue weighted by Crippen LogP contribution is -2.38. The minimum atomic E-state index is -1.23. The van der Waals surface area contributed by atoms with Crippen LogP contribution in [-0.4, -0.2) is 55.3 Å². The summed E-state index contributed by atoms with van der Waals surface area (Å²) in [5, 5.41) is 19.4. The number of benzene rings is 3. The van der Waals surface area contributed by atoms with Crippen LogP contribution in [-0.2, 0) is 24.6 Å². The maximum Gasteiger partial charge on any atom is 0.360 e. The van der Waals surface area contributed by atoms with Crippen molar-refractivity contribution in [2.45, 2.75) is 5.54 Å². The number of carbonyl (C=O) groups is 1. The Balaban J connectivity index is 1.66. The van der Waals surface area contributed by atoms with Crippen molar-refractivity contribution in [3.63, 3.8) is 0 Å². The van der Waals surface area contributed by atoms with Crippen molar-refractivity contribution in [2.75, 3.05) is 38.9 Å². The number of oxime groups is 1. The Kier molecular flexibility index (Phi) is 9.58. The van der Waals surface area contributed by atoms with Gasteiger partial charge in [0.25, 0.3) is 0 Å². The predicted molar refractivity (Wildman–Crippen MR) is 148 cm³/mol. The third-order valence-corrected chi connectivity index (χ3v) is 6.53. The van der Waals surface area contributed by atoms with E-state index in [1.165, 1.54) is 11.3 Å². The Bertz CT molecular complexity index is 1220. The van der Waals surface area contributed by atoms with Gasteiger partial charge in [0, 0.05) is 12.5 Å². The molecule has 38 heavy (non-hydrogen) atoms. The molecule has 4 rings (SSSR count). The highest BCUT2D eigenvalue weighted by molar-refractivity contribution is 7.14. The summed E-state index contributed by atoms with van der Waals surface area (Å²) in [6.45, 7) is 1.25. The van der Waals surface area contributed by atoms with Crippen LogP contribution >= 0.6 is 11.3 Å². The minimum absolute atomic E-state index is 0.106. The van der Waals surface area contributed by atoms with Crippen molar-refractivity contribution < 1.29 is 24.2 Å². The second-order valence-electron chi connectivity index (χ2n) is 8.19. The highest BCUT2D eigenvalue weighted by Gasteiger charge is 2.37. The van der Waals surface area contributed by atoms with Crippen molar-refractivity contribution in [2.24, 2.45) is 5.16 Å². The van der Waals surface area contributed by atoms with Crippen molar-refractivity contribution in [1.82, 2.24) is 4.98 Å². The van der Waals surface area contributed by atoms with Crippen LogP contribution in [0.4, 0.5) is 5.13 Å². The van der Waals surface area contributed by atoms with E-state index < -0.39 is 11.5 Å². The Labute approximate surface area is 225 Å². The number of carboxylic acid groups (broad SMARTS) is 1. The van der Waals surface area contributed by atoms with E-state index in [1.54, 1.807) is 12.5 Å². The molecule has 0 spiro atoms. The second kappa shape index (κ2) is 13.5. The zero-order chi connectivity index (χ0) is 26.6. The quantitative estimate of drug-likeness (QED) is 0.102. The number of rotatable bonds is 14. The van der Waals surface area contributed by atoms with Gasteiger partial charge in [0.15, 0.2) is 5.13 Å². The first-order valence-electron chi connectivity index (χ1n) is 12.1. The minimum Gasteiger partial charge on any atom is -0.476 e. The predicted octanol–water partition coefficient (Wildman–Crippen LogP) is 5.02. The van der Waals surface area contributed by atoms with Crippen molar-refractivity contribution in [1.29, 1.82) is 0 Å². The van der Waals surface area contributed by atoms with E-state index in [-0.39, 0.29) is 24.6 Å². The largest absolute Gasteiger partial charge is 0.476 e. The Morgan fingerprint density at radius 2 is 1.39 bits per heavy atom. The van der Waals surface area contributed by atoms with Crippen LogP contribution in [0, 0.1) is 0 Å². The summed E-state index contributed by atoms with van der Waals surface area (Å²) in [6.07, 6.45) is 0. The van der Waals surface area contributed by atoms with E-state index in [1.807, 2.05) is 54.6 Å². The number of methoxy groups -OCH3 is 1. The van der Waals surface area contributed by atoms with E-state index in [4.69, 9.17) is 14.3 Å². The lowest BCUT2D eigenvalue weighted by molar-refractivity contribution is -0.129. The molecule has 0 atom stereocenters. The number of aromatic nitrogens is 1. The fraction of sp³-hybridized carbons (Fsp3) is 0.207. The van der Waals surface area contributed by atoms with Gasteiger partial charge in [0.2, 0.25) is 5.71 Å². The average molecular weight is 532 g/mol. The molecule has 1 heterocycles. The van der Waals surface area contributed by atoms with E-state index in [2.05, 4.69) is 51.9 Å². The van der Waals surface area contributed by atoms with Gasteiger partial charge < -0.3 is 24.7 Å². The molecule has 0 saturated heterocycles. The number of hydrogen-bond acceptors (Lipinski definition) is 8. The molecule has 8 nitrogen and oxygen atoms in total. The van der Waals surface area contributed by atoms with E-state index in [9.17, 15) is 9.90 Å². The first-order chi connectivity index (χ1) is 18.6. The molecule has 0 radical (unpaired) electrons. The molecular weight excluding hydrogens is 502 g/mol. The molecule has 0 fully saturated rings. The third-order valence-electron chi connectivity index (χ3n) is 5.77. The molecule has 0 amide bonds. The molecule has 0 aliphatic heterocycles. The molecule has 0 saturated carbocycles. The fourth-order valence-corrected chi connectivity index (χ4v) is 4.78. The topological polar surface area (TPSA) is 102 Å². The molecule has 0 unspecified atom stereocenters. The number of hydrogen-bond donors (Lipinski definition) is 2. The zero-order valence-corrected chi connectivity index (χ0v) is 21.8. The first-order valence-corrected chi connectivity index (χ1v) is 12.9. The summed E-state index contributed by atoms with van der Waals surface area (Å²) in [6, 6.07) is 30.3. The van der Waals surface area contributed by atoms with Crippen LogP contribution in [0.25, 0.3) is 0 Å². The molecule has 4 aromatic rings. The molecule has 1 aromatic heterocycles. The highest BCUT2D eigenvalue weighted by Crippen LogP contribution is 2.40. The van der Waals surface area contributed by atoms with Gasteiger partial charge in [0.1, 0.15) is 17.8 Å². The highest BCUT2D eigenvalue weighted by atomic mass is 32.1. The molecule has 0 bridgehead atoms. The van der Waals surface area contributed by atoms with Crippen molar-refractivity contribution in [3.05, 3.63) is 119 Å². The molecule has 9 heteroatoms. The molecular formula is C29H29N3O5S. The van der Waals surface area contributed by atoms with E-state index in [0.717, 1.165) is 16.7 Å². The monoisotopic (exact) mass is 531 g/mol. The second-order valence-corrected chi connectivity index (χ2v) is 9.05. The molecule has 0 aliphatic rings. The maximum atomic E-state index is 11.9. The maximum absolute atomic E-state index is 11.9. The van der Waals surface area contributed by atoms with Crippen LogP contribution < -0.4 is 5.32 Å². The van der Waals surface area contributed by atoms with Crippen molar-refractivity contribution in [3.8, 4) is 0 Å². The molecule has 196 valence electrons. The van der Waals surface area contributed by atoms with Gasteiger partial charge in [-0.05, 0) is 16.7 Å². The molecule has 3 aromatic carbocycles. The summed E-state index contributed by atoms with van der Waals surface area (Å²) in [5.74, 6) is -1.23. The number of carboxylic acids is 1. The van der Waals surface area contributed by atoms with Gasteiger partial charge in [-0.1, -0.05) is 96.2 Å². The van der Waals surface area contributed by atoms with Gasteiger partial charge in [0.05, 0.1) is 19.8 Å². The van der Waals surface area contributed by atoms with Gasteiger partial charge >= 0.3 is 5.97 Å². The van der Waals surface area contributed by atoms with E-state index in [0.29, 0.717) is 18.3 Å². The number of anilines is 1. The Hall–Kier alpha value is -4.05. The van der Waals surface area contributed by atoms with Crippen LogP contribution in [0.3, 0.4) is 0 Å². The molecule has 0 aliphatic carbocycles. The Morgan fingerprint density at radius 3 is 1.89 bits per heavy atom. The summed E-state index contributed by atoms with van der Waals surface area (Å²) >= 11 is 1.30. The third kappa shape index (κ3) is 6.44. The Morgan fingerprint density at radius 1 is 0.868 bits per heavy atom. The number of thiazole rings is 1. The van der Waals surface area contributed by atoms with E-state index >= 15 is 0 Å². The van der Waals surface area contributed by atoms with Gasteiger partial charge in [-0.2, -0.15) is 0 Å². The van der Waals surface area contributed by atoms with Crippen LogP contribution in [0.1, 0.15) is 22.4 Å². The summed E-state index contributed by atoms with van der Waals surface area (Å²) in [4.78, 5) is 21.7. The number of nitrogens with zero attached hydrogens (tertiary/aromatic N) is 2. The average Bonchev–Trinajstić information content (AvgIpc) is 3.42. The normalized spacial score (nSPS) is 11.8. The summed E-state index contributed by atoms with van der Waals surface area (Å²) in [5.41, 5.74) is 2.17. The standard InChI is InChI=1S/C29H29N3O5S/c1-35-17-18-36-19-20-37-32-26(27(33)34)25-21-38-28(30-25)31-29(22-11-5-2-6-12-22,23-13-7-3-8-14-23)24-15-9-4-10-16-24/h2-16,21H,17-20H2,1H3,(H,30,31)(H,33,34)/b32-26-. The van der Waals surface area contributed by atoms with Crippen LogP contribution in [0.15, 0.2) is 102 Å². The molecule has 2 N–H and O–H groups in total. The number of nitrogens with one attached hydrogen (secondary N) is 1. The first kappa shape index (κ1) is 27.0. The lowest BCUT2D eigenvalue weighted by atomic mass is 9.77. The van der Waals surface area contributed by atoms with Gasteiger partial charge in [-0.3, -0.25) is 0 Å². The van der Waals surface area contributed by atoms with Crippen LogP contribution in [0.2, 0.25) is 0 Å². The number of aliphatic carboxylic acids is 1. The summed E-state index contributed by atoms with van der Waals surface area (Å²) in [7, 11) is 1.59. The number of ether oxygens (including phenoxy) is 2. The zero-order valence-electron chi connectivity index (χ0n) is 20.9. The van der Waals surface area contributed by atoms with Gasteiger partial charge in [-0.15, -0.1) is 11.3 Å². The van der Waals surface area contributed by atoms with Gasteiger partial charge in [-0.25, -0.2) is 9.78 Å². The van der Waals surface area contributed by atoms with Crippen LogP contribution in [0.5, 0.6) is 0 Å². The SMILES string of the molecule is COCCOCCO/N=C(\C(=O)O)c1csc(NC(c2ccccc2)(c2ccccc2)c2ccccc2)n1. The lowest BCUT2D eigenvalue weighted by Gasteiger charge is -2.36.